The topological polar surface area (TPSA) is 111 Å². The van der Waals surface area contributed by atoms with E-state index in [4.69, 9.17) is 14.0 Å². The maximum absolute atomic E-state index is 12.1. The van der Waals surface area contributed by atoms with Crippen molar-refractivity contribution in [2.24, 2.45) is 0 Å². The van der Waals surface area contributed by atoms with Crippen molar-refractivity contribution in [2.75, 3.05) is 13.2 Å². The molecular formula is C14H20NO7P. The van der Waals surface area contributed by atoms with Gasteiger partial charge in [0.1, 0.15) is 17.4 Å². The molecule has 23 heavy (non-hydrogen) atoms. The molecule has 1 aromatic carbocycles. The smallest absolute Gasteiger partial charge is 0.456 e. The molecule has 2 N–H and O–H groups in total. The van der Waals surface area contributed by atoms with E-state index < -0.39 is 25.7 Å². The number of benzene rings is 1. The van der Waals surface area contributed by atoms with Crippen LogP contribution in [0.1, 0.15) is 31.1 Å². The number of hydrogen-bond acceptors (Lipinski definition) is 6. The Morgan fingerprint density at radius 2 is 1.83 bits per heavy atom. The Morgan fingerprint density at radius 1 is 1.22 bits per heavy atom. The number of para-hydroxylation sites is 1. The van der Waals surface area contributed by atoms with Gasteiger partial charge in [-0.25, -0.2) is 9.36 Å². The Hall–Kier alpha value is -1.89. The standard InChI is InChI=1S/C14H20NO7P/c1-4-20-13(16)10(3)15-23(18,19)22-12-9-7-6-8-11(12)14(17)21-5-2/h6-10H,4-5H2,1-3H3,(H2,15,18,19). The number of carbonyl (C=O) groups excluding carboxylic acids is 2. The minimum Gasteiger partial charge on any atom is -0.465 e. The van der Waals surface area contributed by atoms with Gasteiger partial charge in [-0.05, 0) is 32.9 Å². The molecule has 1 aromatic rings. The predicted molar refractivity (Wildman–Crippen MR) is 82.1 cm³/mol. The highest BCUT2D eigenvalue weighted by Gasteiger charge is 2.29. The summed E-state index contributed by atoms with van der Waals surface area (Å²) in [4.78, 5) is 33.1. The predicted octanol–water partition coefficient (Wildman–Crippen LogP) is 1.88. The molecule has 0 aliphatic rings. The SMILES string of the molecule is CCOC(=O)c1ccccc1OP(=O)(O)NC(C)C(=O)OCC. The molecule has 0 aliphatic carbocycles. The molecule has 9 heteroatoms. The molecule has 0 saturated carbocycles. The molecule has 2 atom stereocenters. The van der Waals surface area contributed by atoms with Crippen LogP contribution in [0.2, 0.25) is 0 Å². The van der Waals surface area contributed by atoms with Crippen LogP contribution in [0.15, 0.2) is 24.3 Å². The van der Waals surface area contributed by atoms with Crippen LogP contribution in [0.3, 0.4) is 0 Å². The van der Waals surface area contributed by atoms with Crippen molar-refractivity contribution >= 4 is 19.7 Å². The molecule has 0 amide bonds. The highest BCUT2D eigenvalue weighted by molar-refractivity contribution is 7.51. The second-order valence-corrected chi connectivity index (χ2v) is 5.91. The van der Waals surface area contributed by atoms with Gasteiger partial charge >= 0.3 is 19.7 Å². The van der Waals surface area contributed by atoms with Crippen molar-refractivity contribution < 1.29 is 33.0 Å². The Labute approximate surface area is 134 Å². The molecule has 0 aliphatic heterocycles. The lowest BCUT2D eigenvalue weighted by Crippen LogP contribution is -2.34. The molecule has 0 aromatic heterocycles. The van der Waals surface area contributed by atoms with Crippen molar-refractivity contribution in [1.29, 1.82) is 0 Å². The maximum Gasteiger partial charge on any atom is 0.456 e. The third-order valence-corrected chi connectivity index (χ3v) is 3.76. The normalized spacial score (nSPS) is 14.4. The Bertz CT molecular complexity index is 605. The maximum atomic E-state index is 12.1. The number of esters is 2. The average Bonchev–Trinajstić information content (AvgIpc) is 2.47. The number of hydrogen-bond donors (Lipinski definition) is 2. The van der Waals surface area contributed by atoms with Gasteiger partial charge in [-0.1, -0.05) is 12.1 Å². The van der Waals surface area contributed by atoms with Crippen molar-refractivity contribution in [3.63, 3.8) is 0 Å². The first-order chi connectivity index (χ1) is 10.8. The molecule has 2 unspecified atom stereocenters. The van der Waals surface area contributed by atoms with Crippen molar-refractivity contribution in [1.82, 2.24) is 5.09 Å². The third kappa shape index (κ3) is 6.02. The second kappa shape index (κ2) is 8.67. The Morgan fingerprint density at radius 3 is 2.43 bits per heavy atom. The van der Waals surface area contributed by atoms with Crippen LogP contribution < -0.4 is 9.61 Å². The second-order valence-electron chi connectivity index (χ2n) is 4.43. The third-order valence-electron chi connectivity index (χ3n) is 2.60. The van der Waals surface area contributed by atoms with Crippen LogP contribution >= 0.6 is 7.75 Å². The van der Waals surface area contributed by atoms with Crippen molar-refractivity contribution in [3.8, 4) is 5.75 Å². The lowest BCUT2D eigenvalue weighted by Gasteiger charge is -2.19. The van der Waals surface area contributed by atoms with Gasteiger partial charge in [-0.15, -0.1) is 0 Å². The first-order valence-corrected chi connectivity index (χ1v) is 8.61. The molecule has 0 saturated heterocycles. The largest absolute Gasteiger partial charge is 0.465 e. The zero-order valence-corrected chi connectivity index (χ0v) is 14.0. The number of carbonyl (C=O) groups is 2. The lowest BCUT2D eigenvalue weighted by atomic mass is 10.2. The van der Waals surface area contributed by atoms with Crippen LogP contribution in [-0.2, 0) is 18.8 Å². The zero-order chi connectivity index (χ0) is 17.5. The van der Waals surface area contributed by atoms with E-state index in [1.165, 1.54) is 25.1 Å². The zero-order valence-electron chi connectivity index (χ0n) is 13.1. The van der Waals surface area contributed by atoms with Crippen LogP contribution in [0.5, 0.6) is 5.75 Å². The summed E-state index contributed by atoms with van der Waals surface area (Å²) in [5, 5.41) is 2.15. The van der Waals surface area contributed by atoms with E-state index in [1.807, 2.05) is 0 Å². The van der Waals surface area contributed by atoms with Crippen molar-refractivity contribution in [2.45, 2.75) is 26.8 Å². The molecule has 0 spiro atoms. The molecule has 1 rings (SSSR count). The van der Waals surface area contributed by atoms with Gasteiger partial charge in [-0.2, -0.15) is 5.09 Å². The summed E-state index contributed by atoms with van der Waals surface area (Å²) in [5.41, 5.74) is 0.00853. The summed E-state index contributed by atoms with van der Waals surface area (Å²) < 4.78 is 26.7. The van der Waals surface area contributed by atoms with E-state index in [-0.39, 0.29) is 24.5 Å². The fraction of sp³-hybridized carbons (Fsp3) is 0.429. The molecule has 0 fully saturated rings. The molecule has 128 valence electrons. The van der Waals surface area contributed by atoms with Gasteiger partial charge in [0.15, 0.2) is 0 Å². The summed E-state index contributed by atoms with van der Waals surface area (Å²) in [6.45, 7) is 4.92. The van der Waals surface area contributed by atoms with Crippen LogP contribution in [0.4, 0.5) is 0 Å². The number of ether oxygens (including phenoxy) is 2. The monoisotopic (exact) mass is 345 g/mol. The summed E-state index contributed by atoms with van der Waals surface area (Å²) >= 11 is 0. The quantitative estimate of drug-likeness (QED) is 0.543. The Balaban J connectivity index is 2.87. The first kappa shape index (κ1) is 19.2. The fourth-order valence-corrected chi connectivity index (χ4v) is 2.72. The minimum absolute atomic E-state index is 0.00853. The van der Waals surface area contributed by atoms with E-state index in [0.717, 1.165) is 0 Å². The summed E-state index contributed by atoms with van der Waals surface area (Å²) in [7, 11) is -4.39. The number of rotatable bonds is 8. The van der Waals surface area contributed by atoms with Gasteiger partial charge in [0, 0.05) is 0 Å². The minimum atomic E-state index is -4.39. The molecular weight excluding hydrogens is 325 g/mol. The van der Waals surface area contributed by atoms with E-state index in [1.54, 1.807) is 19.9 Å². The lowest BCUT2D eigenvalue weighted by molar-refractivity contribution is -0.144. The van der Waals surface area contributed by atoms with Gasteiger partial charge in [0.25, 0.3) is 0 Å². The molecule has 0 heterocycles. The number of nitrogens with one attached hydrogen (secondary N) is 1. The van der Waals surface area contributed by atoms with E-state index >= 15 is 0 Å². The first-order valence-electron chi connectivity index (χ1n) is 7.03. The van der Waals surface area contributed by atoms with Crippen LogP contribution in [0.25, 0.3) is 0 Å². The molecule has 0 radical (unpaired) electrons. The van der Waals surface area contributed by atoms with Gasteiger partial charge in [0.05, 0.1) is 13.2 Å². The van der Waals surface area contributed by atoms with Gasteiger partial charge in [0.2, 0.25) is 0 Å². The van der Waals surface area contributed by atoms with E-state index in [0.29, 0.717) is 0 Å². The summed E-state index contributed by atoms with van der Waals surface area (Å²) in [6.07, 6.45) is 0. The van der Waals surface area contributed by atoms with Crippen LogP contribution in [0, 0.1) is 0 Å². The van der Waals surface area contributed by atoms with E-state index in [2.05, 4.69) is 5.09 Å². The van der Waals surface area contributed by atoms with Gasteiger partial charge < -0.3 is 18.9 Å². The van der Waals surface area contributed by atoms with E-state index in [9.17, 15) is 19.0 Å². The highest BCUT2D eigenvalue weighted by atomic mass is 31.2. The summed E-state index contributed by atoms with van der Waals surface area (Å²) in [6, 6.07) is 4.80. The molecule has 0 bridgehead atoms. The van der Waals surface area contributed by atoms with Crippen LogP contribution in [-0.4, -0.2) is 36.1 Å². The Kier molecular flexibility index (Phi) is 7.22. The van der Waals surface area contributed by atoms with Gasteiger partial charge in [-0.3, -0.25) is 4.79 Å². The summed E-state index contributed by atoms with van der Waals surface area (Å²) in [5.74, 6) is -1.49. The van der Waals surface area contributed by atoms with Crippen molar-refractivity contribution in [3.05, 3.63) is 29.8 Å². The fourth-order valence-electron chi connectivity index (χ4n) is 1.65. The highest BCUT2D eigenvalue weighted by Crippen LogP contribution is 2.40. The molecule has 8 nitrogen and oxygen atoms in total. The average molecular weight is 345 g/mol.